The molecule has 2 N–H and O–H groups in total. The molecule has 0 aliphatic heterocycles. The Balaban J connectivity index is 1.90. The summed E-state index contributed by atoms with van der Waals surface area (Å²) in [6.45, 7) is 0.504. The van der Waals surface area contributed by atoms with E-state index >= 15 is 0 Å². The third-order valence-corrected chi connectivity index (χ3v) is 3.21. The molecule has 0 unspecified atom stereocenters. The third-order valence-electron chi connectivity index (χ3n) is 2.36. The van der Waals surface area contributed by atoms with Gasteiger partial charge in [-0.15, -0.1) is 11.3 Å². The summed E-state index contributed by atoms with van der Waals surface area (Å²) in [6.07, 6.45) is 0. The largest absolute Gasteiger partial charge is 0.486 e. The maximum absolute atomic E-state index is 5.74. The average molecular weight is 247 g/mol. The maximum Gasteiger partial charge on any atom is 0.179 e. The van der Waals surface area contributed by atoms with E-state index in [-0.39, 0.29) is 0 Å². The van der Waals surface area contributed by atoms with E-state index in [1.807, 2.05) is 17.5 Å². The minimum atomic E-state index is 0.504. The number of hydrogen-bond donors (Lipinski definition) is 1. The third kappa shape index (κ3) is 1.83. The van der Waals surface area contributed by atoms with Gasteiger partial charge in [0.2, 0.25) is 0 Å². The predicted octanol–water partition coefficient (Wildman–Crippen LogP) is 2.45. The van der Waals surface area contributed by atoms with E-state index in [1.54, 1.807) is 23.5 Å². The number of fused-ring (bicyclic) bond motifs is 1. The van der Waals surface area contributed by atoms with Crippen molar-refractivity contribution in [3.8, 4) is 5.75 Å². The molecule has 1 aromatic carbocycles. The molecule has 0 amide bonds. The molecule has 0 bridgehead atoms. The highest BCUT2D eigenvalue weighted by molar-refractivity contribution is 7.09. The molecule has 0 saturated carbocycles. The summed E-state index contributed by atoms with van der Waals surface area (Å²) in [5.74, 6) is 0.629. The van der Waals surface area contributed by atoms with Crippen LogP contribution in [0, 0.1) is 0 Å². The monoisotopic (exact) mass is 247 g/mol. The molecule has 2 heterocycles. The number of ether oxygens (including phenoxy) is 1. The summed E-state index contributed by atoms with van der Waals surface area (Å²) in [4.78, 5) is 1.14. The first-order valence-corrected chi connectivity index (χ1v) is 5.88. The van der Waals surface area contributed by atoms with Gasteiger partial charge in [0.25, 0.3) is 0 Å². The van der Waals surface area contributed by atoms with Crippen LogP contribution >= 0.6 is 11.3 Å². The predicted molar refractivity (Wildman–Crippen MR) is 64.9 cm³/mol. The van der Waals surface area contributed by atoms with E-state index in [0.717, 1.165) is 4.88 Å². The molecule has 86 valence electrons. The Hall–Kier alpha value is -2.08. The molecule has 5 nitrogen and oxygen atoms in total. The molecule has 2 aromatic heterocycles. The van der Waals surface area contributed by atoms with Crippen LogP contribution in [0.4, 0.5) is 5.69 Å². The first-order chi connectivity index (χ1) is 8.34. The number of thiophene rings is 1. The van der Waals surface area contributed by atoms with Gasteiger partial charge in [0.1, 0.15) is 6.61 Å². The second-order valence-electron chi connectivity index (χ2n) is 3.48. The zero-order chi connectivity index (χ0) is 11.7. The number of aromatic nitrogens is 2. The Kier molecular flexibility index (Phi) is 2.41. The van der Waals surface area contributed by atoms with Crippen LogP contribution in [0.1, 0.15) is 4.88 Å². The van der Waals surface area contributed by atoms with Gasteiger partial charge in [-0.05, 0) is 33.9 Å². The van der Waals surface area contributed by atoms with Gasteiger partial charge in [-0.25, -0.2) is 4.63 Å². The van der Waals surface area contributed by atoms with Crippen molar-refractivity contribution < 1.29 is 9.37 Å². The minimum absolute atomic E-state index is 0.504. The molecular weight excluding hydrogens is 238 g/mol. The van der Waals surface area contributed by atoms with E-state index in [0.29, 0.717) is 29.1 Å². The Morgan fingerprint density at radius 3 is 2.94 bits per heavy atom. The van der Waals surface area contributed by atoms with Crippen LogP contribution < -0.4 is 10.5 Å². The van der Waals surface area contributed by atoms with Gasteiger partial charge < -0.3 is 10.5 Å². The van der Waals surface area contributed by atoms with Crippen LogP contribution in [-0.2, 0) is 6.61 Å². The normalized spacial score (nSPS) is 10.8. The van der Waals surface area contributed by atoms with Gasteiger partial charge in [0.15, 0.2) is 16.8 Å². The Morgan fingerprint density at radius 2 is 2.12 bits per heavy atom. The summed E-state index contributed by atoms with van der Waals surface area (Å²) < 4.78 is 10.3. The van der Waals surface area contributed by atoms with Crippen molar-refractivity contribution in [2.75, 3.05) is 5.73 Å². The molecule has 0 fully saturated rings. The fraction of sp³-hybridized carbons (Fsp3) is 0.0909. The Bertz CT molecular complexity index is 633. The van der Waals surface area contributed by atoms with Crippen LogP contribution in [0.15, 0.2) is 34.3 Å². The van der Waals surface area contributed by atoms with Crippen molar-refractivity contribution in [3.05, 3.63) is 34.5 Å². The molecule has 0 saturated heterocycles. The molecule has 0 radical (unpaired) electrons. The zero-order valence-electron chi connectivity index (χ0n) is 8.79. The number of nitrogens with zero attached hydrogens (tertiary/aromatic N) is 2. The highest BCUT2D eigenvalue weighted by Crippen LogP contribution is 2.27. The van der Waals surface area contributed by atoms with Crippen LogP contribution in [-0.4, -0.2) is 10.3 Å². The van der Waals surface area contributed by atoms with Gasteiger partial charge >= 0.3 is 0 Å². The van der Waals surface area contributed by atoms with E-state index in [9.17, 15) is 0 Å². The second-order valence-corrected chi connectivity index (χ2v) is 4.51. The summed E-state index contributed by atoms with van der Waals surface area (Å²) >= 11 is 1.64. The molecule has 3 aromatic rings. The van der Waals surface area contributed by atoms with Gasteiger partial charge in [-0.3, -0.25) is 0 Å². The quantitative estimate of drug-likeness (QED) is 0.719. The fourth-order valence-electron chi connectivity index (χ4n) is 1.52. The number of hydrogen-bond acceptors (Lipinski definition) is 6. The molecule has 0 aliphatic rings. The lowest BCUT2D eigenvalue weighted by Crippen LogP contribution is -1.95. The average Bonchev–Trinajstić information content (AvgIpc) is 2.99. The summed E-state index contributed by atoms with van der Waals surface area (Å²) in [6, 6.07) is 7.51. The number of anilines is 1. The van der Waals surface area contributed by atoms with Gasteiger partial charge in [0.05, 0.1) is 5.69 Å². The Morgan fingerprint density at radius 1 is 1.24 bits per heavy atom. The van der Waals surface area contributed by atoms with Crippen LogP contribution in [0.3, 0.4) is 0 Å². The van der Waals surface area contributed by atoms with Gasteiger partial charge in [-0.2, -0.15) is 0 Å². The molecule has 6 heteroatoms. The molecule has 0 spiro atoms. The number of benzene rings is 1. The number of rotatable bonds is 3. The second kappa shape index (κ2) is 4.06. The van der Waals surface area contributed by atoms with Crippen molar-refractivity contribution in [2.24, 2.45) is 0 Å². The van der Waals surface area contributed by atoms with Crippen molar-refractivity contribution in [3.63, 3.8) is 0 Å². The standard InChI is InChI=1S/C11H9N3O2S/c12-8-3-4-9(11-10(8)13-16-14-11)15-6-7-2-1-5-17-7/h1-5H,6,12H2. The molecule has 17 heavy (non-hydrogen) atoms. The first-order valence-electron chi connectivity index (χ1n) is 5.00. The van der Waals surface area contributed by atoms with Crippen molar-refractivity contribution >= 4 is 28.1 Å². The summed E-state index contributed by atoms with van der Waals surface area (Å²) in [7, 11) is 0. The molecule has 3 rings (SSSR count). The highest BCUT2D eigenvalue weighted by atomic mass is 32.1. The Labute approximate surface area is 101 Å². The molecule has 0 aliphatic carbocycles. The fourth-order valence-corrected chi connectivity index (χ4v) is 2.14. The van der Waals surface area contributed by atoms with Crippen LogP contribution in [0.2, 0.25) is 0 Å². The van der Waals surface area contributed by atoms with Crippen LogP contribution in [0.25, 0.3) is 11.0 Å². The minimum Gasteiger partial charge on any atom is -0.486 e. The maximum atomic E-state index is 5.74. The van der Waals surface area contributed by atoms with Gasteiger partial charge in [0, 0.05) is 4.88 Å². The van der Waals surface area contributed by atoms with Crippen LogP contribution in [0.5, 0.6) is 5.75 Å². The molecule has 0 atom stereocenters. The lowest BCUT2D eigenvalue weighted by molar-refractivity contribution is 0.301. The summed E-state index contributed by atoms with van der Waals surface area (Å²) in [5.41, 5.74) is 7.37. The van der Waals surface area contributed by atoms with E-state index in [4.69, 9.17) is 10.5 Å². The highest BCUT2D eigenvalue weighted by Gasteiger charge is 2.11. The molecular formula is C11H9N3O2S. The van der Waals surface area contributed by atoms with Crippen molar-refractivity contribution in [2.45, 2.75) is 6.61 Å². The van der Waals surface area contributed by atoms with E-state index in [1.165, 1.54) is 0 Å². The smallest absolute Gasteiger partial charge is 0.179 e. The lowest BCUT2D eigenvalue weighted by Gasteiger charge is -2.04. The zero-order valence-corrected chi connectivity index (χ0v) is 9.61. The topological polar surface area (TPSA) is 74.2 Å². The van der Waals surface area contributed by atoms with Crippen molar-refractivity contribution in [1.29, 1.82) is 0 Å². The lowest BCUT2D eigenvalue weighted by atomic mass is 10.2. The SMILES string of the molecule is Nc1ccc(OCc2cccs2)c2nonc12. The first kappa shape index (κ1) is 10.1. The van der Waals surface area contributed by atoms with E-state index < -0.39 is 0 Å². The van der Waals surface area contributed by atoms with Gasteiger partial charge in [-0.1, -0.05) is 6.07 Å². The van der Waals surface area contributed by atoms with E-state index in [2.05, 4.69) is 14.9 Å². The van der Waals surface area contributed by atoms with Crippen molar-refractivity contribution in [1.82, 2.24) is 10.3 Å². The number of nitrogens with two attached hydrogens (primary N) is 1. The number of nitrogen functional groups attached to an aromatic ring is 1. The summed E-state index contributed by atoms with van der Waals surface area (Å²) in [5, 5.41) is 9.54.